The van der Waals surface area contributed by atoms with E-state index < -0.39 is 50.9 Å². The number of hydrogen-bond donors (Lipinski definition) is 6. The molecule has 29 heavy (non-hydrogen) atoms. The summed E-state index contributed by atoms with van der Waals surface area (Å²) < 4.78 is 27.8. The predicted molar refractivity (Wildman–Crippen MR) is 107 cm³/mol. The van der Waals surface area contributed by atoms with Crippen molar-refractivity contribution in [1.29, 1.82) is 0 Å². The second-order valence-electron chi connectivity index (χ2n) is 6.04. The lowest BCUT2D eigenvalue weighted by Crippen LogP contribution is -2.46. The summed E-state index contributed by atoms with van der Waals surface area (Å²) in [6, 6.07) is 4.92. The molecule has 156 valence electrons. The Balaban J connectivity index is 2.44. The van der Waals surface area contributed by atoms with Gasteiger partial charge in [-0.3, -0.25) is 14.3 Å². The molecule has 0 aliphatic rings. The number of carbonyl (C=O) groups excluding carboxylic acids is 2. The van der Waals surface area contributed by atoms with E-state index in [4.69, 9.17) is 10.8 Å². The second-order valence-corrected chi connectivity index (χ2v) is 8.60. The van der Waals surface area contributed by atoms with Crippen molar-refractivity contribution in [1.82, 2.24) is 5.32 Å². The third kappa shape index (κ3) is 5.16. The van der Waals surface area contributed by atoms with Crippen LogP contribution in [0.5, 0.6) is 11.5 Å². The average Bonchev–Trinajstić information content (AvgIpc) is 2.63. The number of carbonyl (C=O) groups is 2. The Morgan fingerprint density at radius 2 is 1.86 bits per heavy atom. The first kappa shape index (κ1) is 22.5. The van der Waals surface area contributed by atoms with E-state index in [0.717, 1.165) is 6.07 Å². The lowest BCUT2D eigenvalue weighted by atomic mass is 10.1. The van der Waals surface area contributed by atoms with Crippen molar-refractivity contribution in [2.24, 2.45) is 5.73 Å². The first-order chi connectivity index (χ1) is 13.5. The topological polar surface area (TPSA) is 179 Å². The van der Waals surface area contributed by atoms with Gasteiger partial charge in [-0.25, -0.2) is 8.42 Å². The van der Waals surface area contributed by atoms with Crippen molar-refractivity contribution in [3.63, 3.8) is 0 Å². The number of nitrogens with two attached hydrogens (primary N) is 1. The zero-order valence-corrected chi connectivity index (χ0v) is 17.4. The van der Waals surface area contributed by atoms with Crippen molar-refractivity contribution < 1.29 is 33.3 Å². The van der Waals surface area contributed by atoms with Gasteiger partial charge in [0.05, 0.1) is 17.9 Å². The van der Waals surface area contributed by atoms with Crippen LogP contribution < -0.4 is 15.8 Å². The molecule has 0 aliphatic heterocycles. The number of aliphatic hydroxyl groups is 1. The molecule has 0 fully saturated rings. The number of amides is 2. The SMILES string of the molecule is Cc1cc(NS(=O)(=O)c2cc(Br)ccc2O)c(O)c(C(=O)N[C@@H](CO)C(N)=O)c1. The maximum absolute atomic E-state index is 12.6. The predicted octanol–water partition coefficient (Wildman–Crippen LogP) is 0.546. The van der Waals surface area contributed by atoms with E-state index in [-0.39, 0.29) is 11.3 Å². The van der Waals surface area contributed by atoms with Crippen LogP contribution in [0.3, 0.4) is 0 Å². The van der Waals surface area contributed by atoms with E-state index in [2.05, 4.69) is 26.0 Å². The summed E-state index contributed by atoms with van der Waals surface area (Å²) in [6.45, 7) is 0.789. The van der Waals surface area contributed by atoms with Crippen LogP contribution >= 0.6 is 15.9 Å². The largest absolute Gasteiger partial charge is 0.507 e. The van der Waals surface area contributed by atoms with Crippen molar-refractivity contribution in [3.8, 4) is 11.5 Å². The number of benzene rings is 2. The summed E-state index contributed by atoms with van der Waals surface area (Å²) in [6.07, 6.45) is 0. The summed E-state index contributed by atoms with van der Waals surface area (Å²) in [5, 5.41) is 31.5. The Bertz CT molecular complexity index is 1070. The minimum absolute atomic E-state index is 0.325. The smallest absolute Gasteiger partial charge is 0.265 e. The fraction of sp³-hybridized carbons (Fsp3) is 0.176. The Kier molecular flexibility index (Phi) is 6.72. The lowest BCUT2D eigenvalue weighted by molar-refractivity contribution is -0.120. The normalized spacial score (nSPS) is 12.2. The van der Waals surface area contributed by atoms with E-state index in [0.29, 0.717) is 10.0 Å². The van der Waals surface area contributed by atoms with Crippen LogP contribution in [0.15, 0.2) is 39.7 Å². The summed E-state index contributed by atoms with van der Waals surface area (Å²) in [4.78, 5) is 23.1. The maximum atomic E-state index is 12.6. The van der Waals surface area contributed by atoms with Gasteiger partial charge >= 0.3 is 0 Å². The van der Waals surface area contributed by atoms with Gasteiger partial charge in [0, 0.05) is 4.47 Å². The summed E-state index contributed by atoms with van der Waals surface area (Å²) in [5.74, 6) is -3.17. The van der Waals surface area contributed by atoms with Gasteiger partial charge in [-0.1, -0.05) is 15.9 Å². The molecule has 2 aromatic rings. The number of phenols is 2. The van der Waals surface area contributed by atoms with Crippen molar-refractivity contribution in [2.75, 3.05) is 11.3 Å². The number of anilines is 1. The maximum Gasteiger partial charge on any atom is 0.265 e. The molecule has 0 unspecified atom stereocenters. The molecular formula is C17H18BrN3O7S. The quantitative estimate of drug-likeness (QED) is 0.308. The number of nitrogens with one attached hydrogen (secondary N) is 2. The molecule has 2 amide bonds. The molecule has 12 heteroatoms. The minimum Gasteiger partial charge on any atom is -0.507 e. The van der Waals surface area contributed by atoms with Crippen molar-refractivity contribution >= 4 is 43.5 Å². The van der Waals surface area contributed by atoms with Gasteiger partial charge in [0.25, 0.3) is 15.9 Å². The molecule has 0 saturated heterocycles. The molecule has 0 bridgehead atoms. The van der Waals surface area contributed by atoms with Gasteiger partial charge < -0.3 is 26.4 Å². The van der Waals surface area contributed by atoms with Gasteiger partial charge in [0.1, 0.15) is 16.7 Å². The second kappa shape index (κ2) is 8.68. The van der Waals surface area contributed by atoms with Gasteiger partial charge in [0.15, 0.2) is 5.75 Å². The van der Waals surface area contributed by atoms with Crippen LogP contribution in [-0.2, 0) is 14.8 Å². The number of hydrogen-bond acceptors (Lipinski definition) is 7. The highest BCUT2D eigenvalue weighted by Gasteiger charge is 2.25. The van der Waals surface area contributed by atoms with Gasteiger partial charge in [-0.15, -0.1) is 0 Å². The number of rotatable bonds is 7. The fourth-order valence-electron chi connectivity index (χ4n) is 2.38. The average molecular weight is 488 g/mol. The number of aryl methyl sites for hydroxylation is 1. The van der Waals surface area contributed by atoms with E-state index >= 15 is 0 Å². The Morgan fingerprint density at radius 3 is 2.45 bits per heavy atom. The number of phenolic OH excluding ortho intramolecular Hbond substituents is 2. The Morgan fingerprint density at radius 1 is 1.21 bits per heavy atom. The molecular weight excluding hydrogens is 470 g/mol. The first-order valence-corrected chi connectivity index (χ1v) is 10.3. The summed E-state index contributed by atoms with van der Waals surface area (Å²) >= 11 is 3.11. The molecule has 0 radical (unpaired) electrons. The van der Waals surface area contributed by atoms with Crippen LogP contribution in [0.1, 0.15) is 15.9 Å². The number of sulfonamides is 1. The summed E-state index contributed by atoms with van der Waals surface area (Å²) in [7, 11) is -4.33. The number of aromatic hydroxyl groups is 2. The van der Waals surface area contributed by atoms with Crippen LogP contribution in [0.4, 0.5) is 5.69 Å². The molecule has 0 saturated carbocycles. The number of halogens is 1. The van der Waals surface area contributed by atoms with E-state index in [1.165, 1.54) is 24.3 Å². The lowest BCUT2D eigenvalue weighted by Gasteiger charge is -2.16. The number of aliphatic hydroxyl groups excluding tert-OH is 1. The van der Waals surface area contributed by atoms with Crippen molar-refractivity contribution in [2.45, 2.75) is 17.9 Å². The molecule has 0 aromatic heterocycles. The monoisotopic (exact) mass is 487 g/mol. The highest BCUT2D eigenvalue weighted by Crippen LogP contribution is 2.33. The molecule has 0 spiro atoms. The van der Waals surface area contributed by atoms with E-state index in [1.807, 2.05) is 0 Å². The zero-order chi connectivity index (χ0) is 21.9. The van der Waals surface area contributed by atoms with E-state index in [9.17, 15) is 28.2 Å². The summed E-state index contributed by atoms with van der Waals surface area (Å²) in [5.41, 5.74) is 4.79. The number of primary amides is 1. The zero-order valence-electron chi connectivity index (χ0n) is 15.0. The van der Waals surface area contributed by atoms with Gasteiger partial charge in [-0.2, -0.15) is 0 Å². The molecule has 2 aromatic carbocycles. The standard InChI is InChI=1S/C17H18BrN3O7S/c1-8-4-10(17(26)20-12(7-22)16(19)25)15(24)11(5-8)21-29(27,28)14-6-9(18)2-3-13(14)23/h2-6,12,21-24H,7H2,1H3,(H2,19,25)(H,20,26)/t12-/m0/s1. The van der Waals surface area contributed by atoms with Crippen LogP contribution in [0.25, 0.3) is 0 Å². The molecule has 0 heterocycles. The van der Waals surface area contributed by atoms with Crippen LogP contribution in [0, 0.1) is 6.92 Å². The molecule has 10 nitrogen and oxygen atoms in total. The van der Waals surface area contributed by atoms with Crippen LogP contribution in [0.2, 0.25) is 0 Å². The first-order valence-electron chi connectivity index (χ1n) is 8.02. The molecule has 1 atom stereocenters. The Labute approximate surface area is 174 Å². The minimum atomic E-state index is -4.33. The highest BCUT2D eigenvalue weighted by atomic mass is 79.9. The van der Waals surface area contributed by atoms with Gasteiger partial charge in [0.2, 0.25) is 5.91 Å². The third-order valence-electron chi connectivity index (χ3n) is 3.79. The molecule has 7 N–H and O–H groups in total. The third-order valence-corrected chi connectivity index (χ3v) is 5.67. The Hall–Kier alpha value is -2.83. The van der Waals surface area contributed by atoms with Gasteiger partial charge in [-0.05, 0) is 42.8 Å². The van der Waals surface area contributed by atoms with Crippen LogP contribution in [-0.4, -0.2) is 48.2 Å². The molecule has 0 aliphatic carbocycles. The van der Waals surface area contributed by atoms with E-state index in [1.54, 1.807) is 6.92 Å². The molecule has 2 rings (SSSR count). The fourth-order valence-corrected chi connectivity index (χ4v) is 4.07. The van der Waals surface area contributed by atoms with Crippen molar-refractivity contribution in [3.05, 3.63) is 45.9 Å². The highest BCUT2D eigenvalue weighted by molar-refractivity contribution is 9.10.